The molecule has 0 fully saturated rings. The minimum atomic E-state index is -3.94. The number of rotatable bonds is 4. The van der Waals surface area contributed by atoms with Gasteiger partial charge in [0.1, 0.15) is 11.6 Å². The fourth-order valence-electron chi connectivity index (χ4n) is 3.06. The maximum Gasteiger partial charge on any atom is 0.317 e. The number of aromatic nitrogens is 2. The minimum absolute atomic E-state index is 0.0897. The Morgan fingerprint density at radius 3 is 2.48 bits per heavy atom. The molecule has 0 saturated heterocycles. The number of amides is 2. The van der Waals surface area contributed by atoms with Crippen LogP contribution in [0.15, 0.2) is 78.0 Å². The van der Waals surface area contributed by atoms with E-state index in [0.29, 0.717) is 16.5 Å². The predicted molar refractivity (Wildman–Crippen MR) is 107 cm³/mol. The van der Waals surface area contributed by atoms with Crippen molar-refractivity contribution in [2.45, 2.75) is 4.90 Å². The fraction of sp³-hybridized carbons (Fsp3) is 0. The molecule has 7 nitrogen and oxygen atoms in total. The molecule has 146 valence electrons. The average Bonchev–Trinajstić information content (AvgIpc) is 3.08. The summed E-state index contributed by atoms with van der Waals surface area (Å²) in [6.07, 6.45) is 2.91. The highest BCUT2D eigenvalue weighted by Gasteiger charge is 2.22. The van der Waals surface area contributed by atoms with Crippen LogP contribution in [0.25, 0.3) is 22.0 Å². The summed E-state index contributed by atoms with van der Waals surface area (Å²) in [5.74, 6) is -0.293. The molecule has 0 unspecified atom stereocenters. The standard InChI is InChI=1S/C20H15FN4O3S/c21-14-7-8-16-17(13-6-9-19(23-11-13)24-20(22)26)12-25(18(16)10-14)29(27,28)15-4-2-1-3-5-15/h1-12H,(H3,22,23,24,26). The third-order valence-corrected chi connectivity index (χ3v) is 6.05. The SMILES string of the molecule is NC(=O)Nc1ccc(-c2cn(S(=O)(=O)c3ccccc3)c3cc(F)ccc23)cn1. The van der Waals surface area contributed by atoms with Crippen LogP contribution < -0.4 is 11.1 Å². The number of hydrogen-bond acceptors (Lipinski definition) is 4. The highest BCUT2D eigenvalue weighted by atomic mass is 32.2. The molecule has 0 atom stereocenters. The summed E-state index contributed by atoms with van der Waals surface area (Å²) >= 11 is 0. The van der Waals surface area contributed by atoms with Gasteiger partial charge in [-0.15, -0.1) is 0 Å². The molecule has 0 aliphatic rings. The Kier molecular flexibility index (Phi) is 4.51. The Labute approximate surface area is 165 Å². The number of urea groups is 1. The summed E-state index contributed by atoms with van der Waals surface area (Å²) in [5, 5.41) is 2.90. The molecular weight excluding hydrogens is 395 g/mol. The van der Waals surface area contributed by atoms with Crippen molar-refractivity contribution in [3.05, 3.63) is 78.9 Å². The lowest BCUT2D eigenvalue weighted by Crippen LogP contribution is -2.19. The smallest absolute Gasteiger partial charge is 0.317 e. The number of halogens is 1. The van der Waals surface area contributed by atoms with Crippen LogP contribution in [0.1, 0.15) is 0 Å². The molecule has 0 spiro atoms. The molecule has 4 rings (SSSR count). The van der Waals surface area contributed by atoms with Gasteiger partial charge in [0.15, 0.2) is 0 Å². The van der Waals surface area contributed by atoms with Crippen molar-refractivity contribution in [3.8, 4) is 11.1 Å². The Morgan fingerprint density at radius 2 is 1.83 bits per heavy atom. The number of carbonyl (C=O) groups is 1. The Hall–Kier alpha value is -3.72. The van der Waals surface area contributed by atoms with E-state index in [9.17, 15) is 17.6 Å². The first kappa shape index (κ1) is 18.6. The number of primary amides is 1. The van der Waals surface area contributed by atoms with Gasteiger partial charge in [0.05, 0.1) is 10.4 Å². The van der Waals surface area contributed by atoms with Crippen LogP contribution in [-0.2, 0) is 10.0 Å². The maximum absolute atomic E-state index is 13.9. The lowest BCUT2D eigenvalue weighted by atomic mass is 10.1. The van der Waals surface area contributed by atoms with Gasteiger partial charge in [-0.3, -0.25) is 5.32 Å². The van der Waals surface area contributed by atoms with Crippen molar-refractivity contribution in [2.75, 3.05) is 5.32 Å². The number of nitrogens with zero attached hydrogens (tertiary/aromatic N) is 2. The number of carbonyl (C=O) groups excluding carboxylic acids is 1. The number of hydrogen-bond donors (Lipinski definition) is 2. The van der Waals surface area contributed by atoms with Crippen molar-refractivity contribution in [1.82, 2.24) is 8.96 Å². The van der Waals surface area contributed by atoms with Crippen LogP contribution in [0.3, 0.4) is 0 Å². The van der Waals surface area contributed by atoms with E-state index in [1.54, 1.807) is 30.3 Å². The van der Waals surface area contributed by atoms with E-state index >= 15 is 0 Å². The van der Waals surface area contributed by atoms with Crippen LogP contribution in [-0.4, -0.2) is 23.4 Å². The second-order valence-electron chi connectivity index (χ2n) is 6.24. The zero-order valence-corrected chi connectivity index (χ0v) is 15.7. The number of fused-ring (bicyclic) bond motifs is 1. The highest BCUT2D eigenvalue weighted by Crippen LogP contribution is 2.33. The molecule has 9 heteroatoms. The van der Waals surface area contributed by atoms with E-state index in [2.05, 4.69) is 10.3 Å². The summed E-state index contributed by atoms with van der Waals surface area (Å²) in [7, 11) is -3.94. The molecule has 2 amide bonds. The molecule has 0 radical (unpaired) electrons. The second-order valence-corrected chi connectivity index (χ2v) is 8.05. The summed E-state index contributed by atoms with van der Waals surface area (Å²) < 4.78 is 41.3. The first-order valence-electron chi connectivity index (χ1n) is 8.50. The molecule has 0 saturated carbocycles. The number of nitrogens with two attached hydrogens (primary N) is 1. The summed E-state index contributed by atoms with van der Waals surface area (Å²) in [6.45, 7) is 0. The van der Waals surface area contributed by atoms with Gasteiger partial charge in [0.25, 0.3) is 10.0 Å². The largest absolute Gasteiger partial charge is 0.351 e. The van der Waals surface area contributed by atoms with E-state index < -0.39 is 21.9 Å². The number of anilines is 1. The zero-order valence-electron chi connectivity index (χ0n) is 14.9. The number of nitrogens with one attached hydrogen (secondary N) is 1. The van der Waals surface area contributed by atoms with Gasteiger partial charge in [-0.05, 0) is 42.5 Å². The van der Waals surface area contributed by atoms with Crippen LogP contribution >= 0.6 is 0 Å². The maximum atomic E-state index is 13.9. The van der Waals surface area contributed by atoms with Crippen molar-refractivity contribution in [3.63, 3.8) is 0 Å². The molecular formula is C20H15FN4O3S. The average molecular weight is 410 g/mol. The molecule has 0 aliphatic heterocycles. The first-order valence-corrected chi connectivity index (χ1v) is 9.94. The van der Waals surface area contributed by atoms with Gasteiger partial charge in [-0.25, -0.2) is 26.6 Å². The highest BCUT2D eigenvalue weighted by molar-refractivity contribution is 7.90. The van der Waals surface area contributed by atoms with E-state index in [0.717, 1.165) is 3.97 Å². The Bertz CT molecular complexity index is 1320. The Balaban J connectivity index is 1.90. The van der Waals surface area contributed by atoms with Crippen molar-refractivity contribution < 1.29 is 17.6 Å². The van der Waals surface area contributed by atoms with E-state index in [-0.39, 0.29) is 16.2 Å². The minimum Gasteiger partial charge on any atom is -0.351 e. The van der Waals surface area contributed by atoms with Gasteiger partial charge < -0.3 is 5.73 Å². The van der Waals surface area contributed by atoms with Crippen LogP contribution in [0.5, 0.6) is 0 Å². The van der Waals surface area contributed by atoms with Crippen molar-refractivity contribution >= 4 is 32.8 Å². The van der Waals surface area contributed by atoms with Crippen molar-refractivity contribution in [1.29, 1.82) is 0 Å². The topological polar surface area (TPSA) is 107 Å². The van der Waals surface area contributed by atoms with E-state index in [4.69, 9.17) is 5.73 Å². The normalized spacial score (nSPS) is 11.5. The third kappa shape index (κ3) is 3.43. The van der Waals surface area contributed by atoms with Gasteiger partial charge in [0, 0.05) is 28.9 Å². The molecule has 0 bridgehead atoms. The zero-order chi connectivity index (χ0) is 20.6. The predicted octanol–water partition coefficient (Wildman–Crippen LogP) is 3.57. The van der Waals surface area contributed by atoms with E-state index in [1.165, 1.54) is 42.7 Å². The summed E-state index contributed by atoms with van der Waals surface area (Å²) in [4.78, 5) is 15.1. The monoisotopic (exact) mass is 410 g/mol. The molecule has 2 heterocycles. The number of benzene rings is 2. The molecule has 0 aliphatic carbocycles. The molecule has 3 N–H and O–H groups in total. The van der Waals surface area contributed by atoms with Gasteiger partial charge in [-0.2, -0.15) is 0 Å². The molecule has 4 aromatic rings. The van der Waals surface area contributed by atoms with Crippen LogP contribution in [0.2, 0.25) is 0 Å². The quantitative estimate of drug-likeness (QED) is 0.536. The van der Waals surface area contributed by atoms with Gasteiger partial charge >= 0.3 is 6.03 Å². The van der Waals surface area contributed by atoms with Crippen molar-refractivity contribution in [2.24, 2.45) is 5.73 Å². The molecule has 29 heavy (non-hydrogen) atoms. The number of pyridine rings is 1. The summed E-state index contributed by atoms with van der Waals surface area (Å²) in [5.41, 5.74) is 6.43. The lowest BCUT2D eigenvalue weighted by molar-refractivity contribution is 0.259. The molecule has 2 aromatic heterocycles. The van der Waals surface area contributed by atoms with Gasteiger partial charge in [0.2, 0.25) is 0 Å². The van der Waals surface area contributed by atoms with Crippen LogP contribution in [0.4, 0.5) is 15.0 Å². The van der Waals surface area contributed by atoms with E-state index in [1.807, 2.05) is 0 Å². The fourth-order valence-corrected chi connectivity index (χ4v) is 4.44. The summed E-state index contributed by atoms with van der Waals surface area (Å²) in [6, 6.07) is 14.3. The van der Waals surface area contributed by atoms with Gasteiger partial charge in [-0.1, -0.05) is 18.2 Å². The van der Waals surface area contributed by atoms with Crippen LogP contribution in [0, 0.1) is 5.82 Å². The Morgan fingerprint density at radius 1 is 1.07 bits per heavy atom. The molecule has 2 aromatic carbocycles. The third-order valence-electron chi connectivity index (χ3n) is 4.36. The first-order chi connectivity index (χ1) is 13.9. The lowest BCUT2D eigenvalue weighted by Gasteiger charge is -2.07. The second kappa shape index (κ2) is 7.02.